The molecule has 0 amide bonds. The summed E-state index contributed by atoms with van der Waals surface area (Å²) in [7, 11) is 0. The largest absolute Gasteiger partial charge is 0.399 e. The number of hydrogen-bond donors (Lipinski definition) is 1. The maximum atomic E-state index is 5.79. The summed E-state index contributed by atoms with van der Waals surface area (Å²) in [5.74, 6) is 0. The minimum absolute atomic E-state index is 0.880. The van der Waals surface area contributed by atoms with Crippen LogP contribution in [0.3, 0.4) is 0 Å². The maximum absolute atomic E-state index is 5.79. The molecule has 1 heteroatoms. The summed E-state index contributed by atoms with van der Waals surface area (Å²) in [6, 6.07) is 0. The number of rotatable bonds is 1. The SMILES string of the molecule is C/C=C(N)\C(C)=C1\C=CC=CC1. The van der Waals surface area contributed by atoms with Crippen molar-refractivity contribution in [1.82, 2.24) is 0 Å². The first-order valence-electron chi connectivity index (χ1n) is 4.21. The van der Waals surface area contributed by atoms with Crippen molar-refractivity contribution in [3.63, 3.8) is 0 Å². The summed E-state index contributed by atoms with van der Waals surface area (Å²) in [6.07, 6.45) is 11.3. The van der Waals surface area contributed by atoms with Gasteiger partial charge in [0.05, 0.1) is 0 Å². The molecule has 0 radical (unpaired) electrons. The first kappa shape index (κ1) is 8.85. The van der Waals surface area contributed by atoms with Crippen LogP contribution in [0.2, 0.25) is 0 Å². The predicted molar refractivity (Wildman–Crippen MR) is 53.5 cm³/mol. The molecular weight excluding hydrogens is 146 g/mol. The molecule has 0 unspecified atom stereocenters. The highest BCUT2D eigenvalue weighted by atomic mass is 14.6. The predicted octanol–water partition coefficient (Wildman–Crippen LogP) is 2.68. The van der Waals surface area contributed by atoms with Crippen LogP contribution in [0.1, 0.15) is 20.3 Å². The monoisotopic (exact) mass is 161 g/mol. The molecule has 0 saturated carbocycles. The van der Waals surface area contributed by atoms with Gasteiger partial charge >= 0.3 is 0 Å². The average Bonchev–Trinajstić information content (AvgIpc) is 2.17. The van der Waals surface area contributed by atoms with E-state index in [-0.39, 0.29) is 0 Å². The van der Waals surface area contributed by atoms with E-state index in [1.165, 1.54) is 11.1 Å². The van der Waals surface area contributed by atoms with Gasteiger partial charge in [-0.3, -0.25) is 0 Å². The van der Waals surface area contributed by atoms with Crippen LogP contribution in [0.5, 0.6) is 0 Å². The second kappa shape index (κ2) is 3.96. The van der Waals surface area contributed by atoms with E-state index in [1.54, 1.807) is 0 Å². The molecule has 0 atom stereocenters. The molecule has 0 aromatic carbocycles. The molecule has 0 heterocycles. The van der Waals surface area contributed by atoms with Gasteiger partial charge in [-0.2, -0.15) is 0 Å². The lowest BCUT2D eigenvalue weighted by Gasteiger charge is -2.08. The van der Waals surface area contributed by atoms with Gasteiger partial charge in [-0.05, 0) is 31.4 Å². The van der Waals surface area contributed by atoms with Gasteiger partial charge in [0.15, 0.2) is 0 Å². The van der Waals surface area contributed by atoms with Crippen molar-refractivity contribution in [2.24, 2.45) is 5.73 Å². The van der Waals surface area contributed by atoms with Gasteiger partial charge in [-0.1, -0.05) is 30.4 Å². The van der Waals surface area contributed by atoms with Crippen LogP contribution in [0.25, 0.3) is 0 Å². The summed E-state index contributed by atoms with van der Waals surface area (Å²) in [4.78, 5) is 0. The molecule has 12 heavy (non-hydrogen) atoms. The molecule has 0 aliphatic heterocycles. The third-order valence-corrected chi connectivity index (χ3v) is 2.11. The summed E-state index contributed by atoms with van der Waals surface area (Å²) in [6.45, 7) is 4.02. The second-order valence-electron chi connectivity index (χ2n) is 2.89. The third-order valence-electron chi connectivity index (χ3n) is 2.11. The minimum atomic E-state index is 0.880. The van der Waals surface area contributed by atoms with Gasteiger partial charge in [0.2, 0.25) is 0 Å². The summed E-state index contributed by atoms with van der Waals surface area (Å²) < 4.78 is 0. The summed E-state index contributed by atoms with van der Waals surface area (Å²) >= 11 is 0. The molecule has 0 spiro atoms. The molecule has 1 aliphatic rings. The van der Waals surface area contributed by atoms with Crippen molar-refractivity contribution in [2.75, 3.05) is 0 Å². The number of nitrogens with two attached hydrogens (primary N) is 1. The van der Waals surface area contributed by atoms with Gasteiger partial charge in [-0.25, -0.2) is 0 Å². The van der Waals surface area contributed by atoms with Crippen LogP contribution < -0.4 is 5.73 Å². The van der Waals surface area contributed by atoms with E-state index in [4.69, 9.17) is 5.73 Å². The highest BCUT2D eigenvalue weighted by molar-refractivity contribution is 5.40. The van der Waals surface area contributed by atoms with Gasteiger partial charge < -0.3 is 5.73 Å². The van der Waals surface area contributed by atoms with Crippen LogP contribution in [0, 0.1) is 0 Å². The van der Waals surface area contributed by atoms with Crippen LogP contribution in [-0.4, -0.2) is 0 Å². The lowest BCUT2D eigenvalue weighted by atomic mass is 10.0. The Hall–Kier alpha value is -1.24. The van der Waals surface area contributed by atoms with E-state index in [0.717, 1.165) is 12.1 Å². The Labute approximate surface area is 74.0 Å². The first-order valence-corrected chi connectivity index (χ1v) is 4.21. The fraction of sp³-hybridized carbons (Fsp3) is 0.273. The van der Waals surface area contributed by atoms with Crippen molar-refractivity contribution in [2.45, 2.75) is 20.3 Å². The zero-order valence-corrected chi connectivity index (χ0v) is 7.67. The second-order valence-corrected chi connectivity index (χ2v) is 2.89. The van der Waals surface area contributed by atoms with Gasteiger partial charge in [0.25, 0.3) is 0 Å². The molecule has 0 bridgehead atoms. The molecular formula is C11H15N. The van der Waals surface area contributed by atoms with Crippen LogP contribution in [-0.2, 0) is 0 Å². The van der Waals surface area contributed by atoms with E-state index in [9.17, 15) is 0 Å². The molecule has 0 fully saturated rings. The smallest absolute Gasteiger partial charge is 0.0303 e. The minimum Gasteiger partial charge on any atom is -0.399 e. The Morgan fingerprint density at radius 1 is 1.50 bits per heavy atom. The molecule has 64 valence electrons. The van der Waals surface area contributed by atoms with E-state index >= 15 is 0 Å². The van der Waals surface area contributed by atoms with Crippen LogP contribution in [0.4, 0.5) is 0 Å². The fourth-order valence-electron chi connectivity index (χ4n) is 1.19. The van der Waals surface area contributed by atoms with Crippen molar-refractivity contribution in [3.05, 3.63) is 47.2 Å². The van der Waals surface area contributed by atoms with Gasteiger partial charge in [0, 0.05) is 5.70 Å². The molecule has 2 N–H and O–H groups in total. The first-order chi connectivity index (χ1) is 5.75. The lowest BCUT2D eigenvalue weighted by Crippen LogP contribution is -2.01. The summed E-state index contributed by atoms with van der Waals surface area (Å²) in [5, 5.41) is 0. The Morgan fingerprint density at radius 2 is 2.25 bits per heavy atom. The standard InChI is InChI=1S/C11H15N/c1-3-11(12)9(2)10-7-5-4-6-8-10/h3-7H,8,12H2,1-2H3/b10-9-,11-3+. The highest BCUT2D eigenvalue weighted by Crippen LogP contribution is 2.18. The third kappa shape index (κ3) is 1.88. The number of allylic oxidation sites excluding steroid dienone is 7. The van der Waals surface area contributed by atoms with Crippen molar-refractivity contribution in [1.29, 1.82) is 0 Å². The Morgan fingerprint density at radius 3 is 2.75 bits per heavy atom. The molecule has 0 saturated heterocycles. The molecule has 0 aromatic rings. The van der Waals surface area contributed by atoms with Gasteiger partial charge in [0.1, 0.15) is 0 Å². The average molecular weight is 161 g/mol. The fourth-order valence-corrected chi connectivity index (χ4v) is 1.19. The zero-order chi connectivity index (χ0) is 8.97. The zero-order valence-electron chi connectivity index (χ0n) is 7.67. The molecule has 1 rings (SSSR count). The number of hydrogen-bond acceptors (Lipinski definition) is 1. The maximum Gasteiger partial charge on any atom is 0.0303 e. The van der Waals surface area contributed by atoms with Gasteiger partial charge in [-0.15, -0.1) is 0 Å². The topological polar surface area (TPSA) is 26.0 Å². The van der Waals surface area contributed by atoms with Crippen molar-refractivity contribution in [3.8, 4) is 0 Å². The summed E-state index contributed by atoms with van der Waals surface area (Å²) in [5.41, 5.74) is 9.18. The molecule has 0 aromatic heterocycles. The van der Waals surface area contributed by atoms with E-state index < -0.39 is 0 Å². The van der Waals surface area contributed by atoms with Crippen molar-refractivity contribution < 1.29 is 0 Å². The normalized spacial score (nSPS) is 21.3. The van der Waals surface area contributed by atoms with E-state index in [1.807, 2.05) is 19.1 Å². The molecule has 1 aliphatic carbocycles. The van der Waals surface area contributed by atoms with Crippen LogP contribution >= 0.6 is 0 Å². The van der Waals surface area contributed by atoms with Crippen LogP contribution in [0.15, 0.2) is 47.2 Å². The lowest BCUT2D eigenvalue weighted by molar-refractivity contribution is 1.16. The van der Waals surface area contributed by atoms with Crippen molar-refractivity contribution >= 4 is 0 Å². The van der Waals surface area contributed by atoms with E-state index in [2.05, 4.69) is 25.2 Å². The van der Waals surface area contributed by atoms with E-state index in [0.29, 0.717) is 0 Å². The highest BCUT2D eigenvalue weighted by Gasteiger charge is 2.01. The Kier molecular flexibility index (Phi) is 2.92. The Bertz CT molecular complexity index is 277. The quantitative estimate of drug-likeness (QED) is 0.628. The Balaban J connectivity index is 2.91. The molecule has 1 nitrogen and oxygen atoms in total.